The van der Waals surface area contributed by atoms with Crippen molar-refractivity contribution < 1.29 is 13.2 Å². The van der Waals surface area contributed by atoms with Gasteiger partial charge in [0.15, 0.2) is 10.5 Å². The molecular weight excluding hydrogens is 343 g/mol. The van der Waals surface area contributed by atoms with E-state index in [1.807, 2.05) is 0 Å². The number of rotatable bonds is 0. The highest BCUT2D eigenvalue weighted by molar-refractivity contribution is 8.24. The molecule has 1 aliphatic heterocycles. The monoisotopic (exact) mass is 343 g/mol. The highest BCUT2D eigenvalue weighted by Crippen LogP contribution is 2.51. The van der Waals surface area contributed by atoms with Gasteiger partial charge >= 0.3 is 6.18 Å². The summed E-state index contributed by atoms with van der Waals surface area (Å²) in [6.07, 6.45) is -4.53. The van der Waals surface area contributed by atoms with Gasteiger partial charge in [0.05, 0.1) is 4.24 Å². The molecule has 0 atom stereocenters. The number of hydrogen-bond acceptors (Lipinski definition) is 8. The van der Waals surface area contributed by atoms with E-state index in [1.54, 1.807) is 12.1 Å². The molecule has 104 valence electrons. The number of alkyl halides is 3. The topological polar surface area (TPSA) is 86.2 Å². The predicted octanol–water partition coefficient (Wildman–Crippen LogP) is 3.56. The van der Waals surface area contributed by atoms with Gasteiger partial charge in [-0.2, -0.15) is 23.7 Å². The van der Waals surface area contributed by atoms with Gasteiger partial charge < -0.3 is 0 Å². The fraction of sp³-hybridized carbons (Fsp3) is 0.100. The summed E-state index contributed by atoms with van der Waals surface area (Å²) in [7, 11) is 0. The van der Waals surface area contributed by atoms with Crippen LogP contribution < -0.4 is 0 Å². The summed E-state index contributed by atoms with van der Waals surface area (Å²) in [6, 6.07) is 3.50. The first kappa shape index (κ1) is 14.1. The first-order valence-electron chi connectivity index (χ1n) is 5.08. The van der Waals surface area contributed by atoms with Crippen LogP contribution in [0.1, 0.15) is 5.01 Å². The van der Waals surface area contributed by atoms with Gasteiger partial charge in [-0.3, -0.25) is 0 Å². The van der Waals surface area contributed by atoms with Crippen LogP contribution in [0.4, 0.5) is 13.2 Å². The van der Waals surface area contributed by atoms with Crippen molar-refractivity contribution in [3.63, 3.8) is 0 Å². The third-order valence-electron chi connectivity index (χ3n) is 2.23. The van der Waals surface area contributed by atoms with E-state index >= 15 is 0 Å². The van der Waals surface area contributed by atoms with Crippen LogP contribution in [-0.4, -0.2) is 15.0 Å². The summed E-state index contributed by atoms with van der Waals surface area (Å²) in [6.45, 7) is 0. The number of halogens is 3. The van der Waals surface area contributed by atoms with Crippen molar-refractivity contribution >= 4 is 45.3 Å². The van der Waals surface area contributed by atoms with Crippen molar-refractivity contribution in [1.29, 1.82) is 10.5 Å². The summed E-state index contributed by atoms with van der Waals surface area (Å²) in [5, 5.41) is 17.3. The van der Waals surface area contributed by atoms with Crippen LogP contribution in [0, 0.1) is 22.7 Å². The minimum absolute atomic E-state index is 0.0721. The molecular formula is C10F3N5S3. The quantitative estimate of drug-likeness (QED) is 0.676. The fourth-order valence-electron chi connectivity index (χ4n) is 1.40. The normalized spacial score (nSPS) is 13.9. The lowest BCUT2D eigenvalue weighted by Crippen LogP contribution is -2.03. The molecule has 0 N–H and O–H groups in total. The second-order valence-corrected chi connectivity index (χ2v) is 6.80. The zero-order valence-corrected chi connectivity index (χ0v) is 12.0. The van der Waals surface area contributed by atoms with Crippen LogP contribution in [0.15, 0.2) is 19.9 Å². The number of thiazole rings is 1. The number of thioether (sulfide) groups is 2. The van der Waals surface area contributed by atoms with Crippen molar-refractivity contribution in [2.45, 2.75) is 16.2 Å². The molecule has 0 fully saturated rings. The smallest absolute Gasteiger partial charge is 0.224 e. The number of aromatic nitrogens is 3. The lowest BCUT2D eigenvalue weighted by Gasteiger charge is -1.97. The maximum atomic E-state index is 12.6. The number of fused-ring (bicyclic) bond motifs is 2. The highest BCUT2D eigenvalue weighted by atomic mass is 32.2. The average molecular weight is 343 g/mol. The lowest BCUT2D eigenvalue weighted by molar-refractivity contribution is -0.137. The van der Waals surface area contributed by atoms with Gasteiger partial charge in [-0.05, 0) is 0 Å². The molecule has 0 aliphatic carbocycles. The van der Waals surface area contributed by atoms with E-state index in [9.17, 15) is 13.2 Å². The second kappa shape index (κ2) is 4.87. The molecule has 0 bridgehead atoms. The number of allylic oxidation sites excluding steroid dienone is 1. The lowest BCUT2D eigenvalue weighted by atomic mass is 10.4. The maximum absolute atomic E-state index is 12.6. The van der Waals surface area contributed by atoms with E-state index in [-0.39, 0.29) is 16.1 Å². The van der Waals surface area contributed by atoms with E-state index in [0.717, 1.165) is 23.5 Å². The average Bonchev–Trinajstić information content (AvgIpc) is 2.99. The Kier molecular flexibility index (Phi) is 3.28. The van der Waals surface area contributed by atoms with Crippen molar-refractivity contribution in [3.05, 3.63) is 14.8 Å². The van der Waals surface area contributed by atoms with Crippen molar-refractivity contribution in [3.8, 4) is 12.1 Å². The summed E-state index contributed by atoms with van der Waals surface area (Å²) >= 11 is 2.49. The summed E-state index contributed by atoms with van der Waals surface area (Å²) in [5.74, 6) is 0. The zero-order chi connectivity index (χ0) is 15.2. The first-order valence-corrected chi connectivity index (χ1v) is 7.53. The van der Waals surface area contributed by atoms with E-state index in [2.05, 4.69) is 15.0 Å². The van der Waals surface area contributed by atoms with E-state index in [1.165, 1.54) is 0 Å². The van der Waals surface area contributed by atoms with Crippen LogP contribution in [0.3, 0.4) is 0 Å². The molecule has 0 aromatic carbocycles. The molecule has 5 nitrogen and oxygen atoms in total. The number of nitrogens with zero attached hydrogens (tertiary/aromatic N) is 5. The third kappa shape index (κ3) is 2.44. The third-order valence-corrected chi connectivity index (χ3v) is 5.58. The van der Waals surface area contributed by atoms with Gasteiger partial charge in [0, 0.05) is 0 Å². The van der Waals surface area contributed by atoms with Crippen LogP contribution in [0.2, 0.25) is 0 Å². The van der Waals surface area contributed by atoms with Crippen LogP contribution in [-0.2, 0) is 6.18 Å². The molecule has 3 heterocycles. The summed E-state index contributed by atoms with van der Waals surface area (Å²) in [5.41, 5.74) is -0.159. The molecule has 2 aromatic heterocycles. The Bertz CT molecular complexity index is 810. The number of nitriles is 2. The van der Waals surface area contributed by atoms with Crippen molar-refractivity contribution in [1.82, 2.24) is 15.0 Å². The van der Waals surface area contributed by atoms with Crippen LogP contribution in [0.5, 0.6) is 0 Å². The molecule has 0 amide bonds. The highest BCUT2D eigenvalue weighted by Gasteiger charge is 2.36. The minimum atomic E-state index is -4.53. The zero-order valence-electron chi connectivity index (χ0n) is 9.59. The summed E-state index contributed by atoms with van der Waals surface area (Å²) < 4.78 is 38.2. The molecule has 0 unspecified atom stereocenters. The van der Waals surface area contributed by atoms with Gasteiger partial charge in [-0.15, -0.1) is 0 Å². The Morgan fingerprint density at radius 3 is 2.19 bits per heavy atom. The number of hydrogen-bond donors (Lipinski definition) is 0. The Hall–Kier alpha value is -1.82. The Morgan fingerprint density at radius 2 is 1.62 bits per heavy atom. The molecule has 11 heteroatoms. The van der Waals surface area contributed by atoms with Crippen LogP contribution in [0.25, 0.3) is 10.5 Å². The summed E-state index contributed by atoms with van der Waals surface area (Å²) in [4.78, 5) is 11.6. The van der Waals surface area contributed by atoms with Crippen molar-refractivity contribution in [2.24, 2.45) is 0 Å². The maximum Gasteiger partial charge on any atom is 0.443 e. The van der Waals surface area contributed by atoms with Gasteiger partial charge in [-0.1, -0.05) is 34.9 Å². The molecule has 3 rings (SSSR count). The largest absolute Gasteiger partial charge is 0.443 e. The molecule has 0 saturated heterocycles. The molecule has 21 heavy (non-hydrogen) atoms. The van der Waals surface area contributed by atoms with Crippen molar-refractivity contribution in [2.75, 3.05) is 0 Å². The Balaban J connectivity index is 2.08. The van der Waals surface area contributed by atoms with E-state index in [4.69, 9.17) is 10.5 Å². The molecule has 2 aromatic rings. The first-order chi connectivity index (χ1) is 9.92. The van der Waals surface area contributed by atoms with E-state index in [0.29, 0.717) is 25.6 Å². The SMILES string of the molecule is N#CC(C#N)=C1Sc2nc3nc(C(F)(F)F)sc3nc2S1. The second-order valence-electron chi connectivity index (χ2n) is 3.57. The molecule has 0 saturated carbocycles. The minimum Gasteiger partial charge on any atom is -0.224 e. The van der Waals surface area contributed by atoms with Crippen LogP contribution >= 0.6 is 34.9 Å². The van der Waals surface area contributed by atoms with Gasteiger partial charge in [0.25, 0.3) is 0 Å². The Labute approximate surface area is 127 Å². The van der Waals surface area contributed by atoms with Gasteiger partial charge in [-0.25, -0.2) is 15.0 Å². The molecule has 1 aliphatic rings. The molecule has 0 spiro atoms. The standard InChI is InChI=1S/C10F3N5S3/c11-10(12,13)9-17-4-5(21-9)18-7-6(16-4)19-8(20-7)3(1-14)2-15. The Morgan fingerprint density at radius 1 is 1.00 bits per heavy atom. The predicted molar refractivity (Wildman–Crippen MR) is 70.2 cm³/mol. The van der Waals surface area contributed by atoms with Gasteiger partial charge in [0.2, 0.25) is 5.01 Å². The molecule has 0 radical (unpaired) electrons. The fourth-order valence-corrected chi connectivity index (χ4v) is 4.37. The van der Waals surface area contributed by atoms with Gasteiger partial charge in [0.1, 0.15) is 27.8 Å². The van der Waals surface area contributed by atoms with E-state index < -0.39 is 11.2 Å².